The highest BCUT2D eigenvalue weighted by molar-refractivity contribution is 7.88. The minimum Gasteiger partial charge on any atom is -0.399 e. The van der Waals surface area contributed by atoms with E-state index in [9.17, 15) is 21.6 Å². The Balaban J connectivity index is 0.000000128. The zero-order chi connectivity index (χ0) is 85.4. The normalized spacial score (nSPS) is 13.0. The van der Waals surface area contributed by atoms with Crippen LogP contribution in [0.1, 0.15) is 27.7 Å². The molecule has 125 heavy (non-hydrogen) atoms. The predicted octanol–water partition coefficient (Wildman–Crippen LogP) is 30.8. The van der Waals surface area contributed by atoms with Gasteiger partial charge in [-0.05, 0) is 281 Å². The minimum atomic E-state index is -5.75. The van der Waals surface area contributed by atoms with Gasteiger partial charge in [0.05, 0.1) is 11.2 Å². The largest absolute Gasteiger partial charge is 0.534 e. The lowest BCUT2D eigenvalue weighted by molar-refractivity contribution is -0.0500. The van der Waals surface area contributed by atoms with E-state index in [1.54, 1.807) is 12.1 Å². The van der Waals surface area contributed by atoms with E-state index in [0.29, 0.717) is 5.39 Å². The van der Waals surface area contributed by atoms with Gasteiger partial charge in [0.25, 0.3) is 0 Å². The Morgan fingerprint density at radius 3 is 0.768 bits per heavy atom. The molecule has 0 unspecified atom stereocenters. The highest BCUT2D eigenvalue weighted by Crippen LogP contribution is 2.48. The molecule has 0 bridgehead atoms. The van der Waals surface area contributed by atoms with E-state index in [4.69, 9.17) is 9.31 Å². The van der Waals surface area contributed by atoms with Crippen molar-refractivity contribution in [1.82, 2.24) is 0 Å². The average molecular weight is 1650 g/mol. The third-order valence-electron chi connectivity index (χ3n) is 24.3. The van der Waals surface area contributed by atoms with Crippen LogP contribution in [-0.2, 0) is 19.4 Å². The first-order valence-corrected chi connectivity index (χ1v) is 43.4. The fourth-order valence-electron chi connectivity index (χ4n) is 17.4. The second-order valence-electron chi connectivity index (χ2n) is 32.7. The van der Waals surface area contributed by atoms with Crippen molar-refractivity contribution >= 4 is 87.3 Å². The molecule has 1 saturated heterocycles. The van der Waals surface area contributed by atoms with E-state index in [-0.39, 0.29) is 18.3 Å². The van der Waals surface area contributed by atoms with Crippen LogP contribution in [0.15, 0.2) is 437 Å². The Morgan fingerprint density at radius 2 is 0.456 bits per heavy atom. The van der Waals surface area contributed by atoms with Crippen molar-refractivity contribution in [2.45, 2.75) is 44.4 Å². The van der Waals surface area contributed by atoms with E-state index in [0.717, 1.165) is 60.2 Å². The molecule has 0 N–H and O–H groups in total. The smallest absolute Gasteiger partial charge is 0.399 e. The highest BCUT2D eigenvalue weighted by Gasteiger charge is 2.52. The van der Waals surface area contributed by atoms with Gasteiger partial charge in [0.2, 0.25) is 0 Å². The lowest BCUT2D eigenvalue weighted by Crippen LogP contribution is -2.41. The monoisotopic (exact) mass is 1640 g/mol. The van der Waals surface area contributed by atoms with E-state index < -0.39 is 21.4 Å². The number of benzene rings is 20. The molecular formula is C115H84BF3O5S. The summed E-state index contributed by atoms with van der Waals surface area (Å²) in [5.74, 6) is -0.398. The number of rotatable bonds is 14. The van der Waals surface area contributed by atoms with Gasteiger partial charge in [0, 0.05) is 0 Å². The van der Waals surface area contributed by atoms with Gasteiger partial charge in [-0.1, -0.05) is 376 Å². The summed E-state index contributed by atoms with van der Waals surface area (Å²) in [5, 5.41) is 13.2. The Kier molecular flexibility index (Phi) is 21.6. The topological polar surface area (TPSA) is 61.8 Å². The van der Waals surface area contributed by atoms with E-state index in [1.807, 2.05) is 54.6 Å². The van der Waals surface area contributed by atoms with Crippen LogP contribution in [0.3, 0.4) is 0 Å². The number of fused-ring (bicyclic) bond motifs is 6. The molecule has 0 aromatic heterocycles. The van der Waals surface area contributed by atoms with Gasteiger partial charge >= 0.3 is 22.7 Å². The van der Waals surface area contributed by atoms with Crippen LogP contribution in [0.5, 0.6) is 5.75 Å². The van der Waals surface area contributed by atoms with Crippen LogP contribution in [0.2, 0.25) is 0 Å². The van der Waals surface area contributed by atoms with Gasteiger partial charge < -0.3 is 13.5 Å². The zero-order valence-corrected chi connectivity index (χ0v) is 70.0. The van der Waals surface area contributed by atoms with Gasteiger partial charge in [-0.3, -0.25) is 0 Å². The fourth-order valence-corrected chi connectivity index (χ4v) is 17.8. The Morgan fingerprint density at radius 1 is 0.232 bits per heavy atom. The van der Waals surface area contributed by atoms with Crippen molar-refractivity contribution in [3.8, 4) is 128 Å². The molecule has 0 atom stereocenters. The first-order chi connectivity index (χ1) is 60.8. The standard InChI is InChI=1S/C54H36.C31H19F3O3S.C30H29BO2/c1-3-14-37(15-4-1)39-18-11-19-40(32-39)41-20-12-21-42(33-41)43-22-13-23-44(34-43)45-28-29-47-36-48(31-30-46(47)35-45)54-51-26-9-7-24-49(51)53(38-16-5-2-6-17-38)50-25-8-10-27-52(50)54;32-31(33,34)38(35,36)37-24-17-16-21-18-23(15-14-22(21)19-24)30-27-12-6-4-10-25(27)29(20-8-2-1-3-9-20)26-11-5-7-13-28(26)30;1-29(2)30(3,4)33-31(32-29)28-18-10-17-27(21-28)26-16-9-15-25(20-26)24-14-8-13-23(19-24)22-11-6-5-7-12-22/h1-36H;1-19H;5-21H,1-4H3. The van der Waals surface area contributed by atoms with Crippen molar-refractivity contribution in [3.05, 3.63) is 437 Å². The van der Waals surface area contributed by atoms with Crippen LogP contribution < -0.4 is 9.65 Å². The summed E-state index contributed by atoms with van der Waals surface area (Å²) in [7, 11) is -6.11. The van der Waals surface area contributed by atoms with Crippen LogP contribution in [0, 0.1) is 0 Å². The second-order valence-corrected chi connectivity index (χ2v) is 34.3. The van der Waals surface area contributed by atoms with Crippen LogP contribution >= 0.6 is 0 Å². The molecule has 10 heteroatoms. The number of alkyl halides is 3. The molecule has 0 amide bonds. The first-order valence-electron chi connectivity index (χ1n) is 42.0. The third kappa shape index (κ3) is 16.3. The van der Waals surface area contributed by atoms with E-state index in [1.165, 1.54) is 139 Å². The second kappa shape index (κ2) is 33.7. The molecule has 5 nitrogen and oxygen atoms in total. The van der Waals surface area contributed by atoms with Crippen LogP contribution in [-0.4, -0.2) is 32.2 Å². The summed E-state index contributed by atoms with van der Waals surface area (Å²) < 4.78 is 78.0. The summed E-state index contributed by atoms with van der Waals surface area (Å²) in [6, 6.07) is 152. The average Bonchev–Trinajstić information content (AvgIpc) is 1.73. The van der Waals surface area contributed by atoms with Crippen molar-refractivity contribution < 1.29 is 35.1 Å². The Bertz CT molecular complexity index is 7460. The van der Waals surface area contributed by atoms with Crippen molar-refractivity contribution in [3.63, 3.8) is 0 Å². The van der Waals surface area contributed by atoms with Gasteiger partial charge in [0.15, 0.2) is 0 Å². The molecule has 0 saturated carbocycles. The molecule has 0 spiro atoms. The third-order valence-corrected chi connectivity index (χ3v) is 25.3. The quantitative estimate of drug-likeness (QED) is 0.0470. The van der Waals surface area contributed by atoms with Gasteiger partial charge in [0.1, 0.15) is 5.75 Å². The molecular weight excluding hydrogens is 1560 g/mol. The number of hydrogen-bond acceptors (Lipinski definition) is 5. The molecule has 1 heterocycles. The van der Waals surface area contributed by atoms with E-state index >= 15 is 0 Å². The van der Waals surface area contributed by atoms with Crippen LogP contribution in [0.4, 0.5) is 13.2 Å². The minimum absolute atomic E-state index is 0.350. The summed E-state index contributed by atoms with van der Waals surface area (Å²) in [4.78, 5) is 0. The van der Waals surface area contributed by atoms with Crippen molar-refractivity contribution in [1.29, 1.82) is 0 Å². The van der Waals surface area contributed by atoms with E-state index in [2.05, 4.69) is 390 Å². The molecule has 0 aliphatic carbocycles. The zero-order valence-electron chi connectivity index (χ0n) is 69.2. The molecule has 604 valence electrons. The molecule has 1 aliphatic rings. The number of halogens is 3. The first kappa shape index (κ1) is 80.2. The SMILES string of the molecule is CC1(C)OB(c2cccc(-c3cccc(-c4cccc(-c5ccccc5)c4)c3)c2)OC1(C)C.O=S(=O)(Oc1ccc2cc(-c3c4ccccc4c(-c4ccccc4)c4ccccc34)ccc2c1)C(F)(F)F.c1ccc(-c2cccc(-c3cccc(-c4cccc(-c5ccc6cc(-c7c8ccccc8c(-c8ccccc8)c8ccccc78)ccc6c5)c4)c3)c2)cc1. The Labute approximate surface area is 726 Å². The van der Waals surface area contributed by atoms with Gasteiger partial charge in [-0.15, -0.1) is 0 Å². The molecule has 21 rings (SSSR count). The van der Waals surface area contributed by atoms with Crippen LogP contribution in [0.25, 0.3) is 187 Å². The maximum atomic E-state index is 12.8. The predicted molar refractivity (Wildman–Crippen MR) is 515 cm³/mol. The highest BCUT2D eigenvalue weighted by atomic mass is 32.2. The number of hydrogen-bond donors (Lipinski definition) is 0. The van der Waals surface area contributed by atoms with Crippen molar-refractivity contribution in [2.24, 2.45) is 0 Å². The summed E-state index contributed by atoms with van der Waals surface area (Å²) in [6.07, 6.45) is 0. The summed E-state index contributed by atoms with van der Waals surface area (Å²) in [5.41, 5.74) is 21.1. The maximum Gasteiger partial charge on any atom is 0.534 e. The lowest BCUT2D eigenvalue weighted by Gasteiger charge is -2.32. The molecule has 1 aliphatic heterocycles. The lowest BCUT2D eigenvalue weighted by atomic mass is 9.78. The summed E-state index contributed by atoms with van der Waals surface area (Å²) >= 11 is 0. The van der Waals surface area contributed by atoms with Crippen molar-refractivity contribution in [2.75, 3.05) is 0 Å². The fraction of sp³-hybridized carbons (Fsp3) is 0.0609. The Hall–Kier alpha value is -14.5. The maximum absolute atomic E-state index is 12.8. The summed E-state index contributed by atoms with van der Waals surface area (Å²) in [6.45, 7) is 8.35. The molecule has 1 fully saturated rings. The molecule has 20 aromatic carbocycles. The van der Waals surface area contributed by atoms with Gasteiger partial charge in [-0.2, -0.15) is 21.6 Å². The van der Waals surface area contributed by atoms with Gasteiger partial charge in [-0.25, -0.2) is 0 Å². The molecule has 0 radical (unpaired) electrons. The molecule has 20 aromatic rings.